The van der Waals surface area contributed by atoms with E-state index in [0.29, 0.717) is 5.92 Å². The second-order valence-corrected chi connectivity index (χ2v) is 7.79. The van der Waals surface area contributed by atoms with Gasteiger partial charge in [-0.2, -0.15) is 0 Å². The summed E-state index contributed by atoms with van der Waals surface area (Å²) in [6.07, 6.45) is 0. The van der Waals surface area contributed by atoms with Gasteiger partial charge in [0.1, 0.15) is 0 Å². The Labute approximate surface area is 160 Å². The molecule has 0 aliphatic rings. The molecule has 0 fully saturated rings. The summed E-state index contributed by atoms with van der Waals surface area (Å²) in [6, 6.07) is 13.2. The molecule has 0 amide bonds. The SMILES string of the molecule is CC(C)CNc1cc2cc(C(=O)O)ccc2nc1-c1ccc2scnc2c1. The molecule has 5 nitrogen and oxygen atoms in total. The lowest BCUT2D eigenvalue weighted by Crippen LogP contribution is -2.09. The predicted octanol–water partition coefficient (Wildman–Crippen LogP) is 5.28. The number of aromatic nitrogens is 2. The van der Waals surface area contributed by atoms with E-state index in [-0.39, 0.29) is 5.56 Å². The Morgan fingerprint density at radius 3 is 2.78 bits per heavy atom. The zero-order valence-corrected chi connectivity index (χ0v) is 15.9. The molecule has 2 aromatic heterocycles. The van der Waals surface area contributed by atoms with Crippen LogP contribution in [0.25, 0.3) is 32.4 Å². The minimum atomic E-state index is -0.938. The third-order valence-electron chi connectivity index (χ3n) is 4.37. The van der Waals surface area contributed by atoms with Crippen LogP contribution in [0.1, 0.15) is 24.2 Å². The molecule has 2 aromatic carbocycles. The number of nitrogens with zero attached hydrogens (tertiary/aromatic N) is 2. The van der Waals surface area contributed by atoms with Crippen molar-refractivity contribution in [2.24, 2.45) is 5.92 Å². The Bertz CT molecular complexity index is 1150. The van der Waals surface area contributed by atoms with E-state index in [9.17, 15) is 9.90 Å². The Morgan fingerprint density at radius 2 is 2.00 bits per heavy atom. The molecule has 0 saturated heterocycles. The highest BCUT2D eigenvalue weighted by Gasteiger charge is 2.13. The molecule has 6 heteroatoms. The predicted molar refractivity (Wildman–Crippen MR) is 111 cm³/mol. The van der Waals surface area contributed by atoms with Crippen LogP contribution in [-0.4, -0.2) is 27.6 Å². The zero-order chi connectivity index (χ0) is 19.0. The molecule has 0 unspecified atom stereocenters. The van der Waals surface area contributed by atoms with Gasteiger partial charge >= 0.3 is 5.97 Å². The molecule has 2 heterocycles. The molecule has 0 spiro atoms. The van der Waals surface area contributed by atoms with Crippen LogP contribution in [-0.2, 0) is 0 Å². The molecule has 4 rings (SSSR count). The monoisotopic (exact) mass is 377 g/mol. The molecular formula is C21H19N3O2S. The maximum Gasteiger partial charge on any atom is 0.335 e. The summed E-state index contributed by atoms with van der Waals surface area (Å²) in [5.41, 5.74) is 6.56. The van der Waals surface area contributed by atoms with Crippen molar-refractivity contribution in [1.82, 2.24) is 9.97 Å². The van der Waals surface area contributed by atoms with Gasteiger partial charge < -0.3 is 10.4 Å². The Hall–Kier alpha value is -2.99. The molecule has 0 radical (unpaired) electrons. The van der Waals surface area contributed by atoms with Gasteiger partial charge in [-0.05, 0) is 42.3 Å². The van der Waals surface area contributed by atoms with Crippen molar-refractivity contribution in [3.05, 3.63) is 53.5 Å². The number of benzene rings is 2. The second-order valence-electron chi connectivity index (χ2n) is 6.91. The van der Waals surface area contributed by atoms with Crippen LogP contribution in [0.4, 0.5) is 5.69 Å². The van der Waals surface area contributed by atoms with Crippen LogP contribution < -0.4 is 5.32 Å². The number of hydrogen-bond donors (Lipinski definition) is 2. The smallest absolute Gasteiger partial charge is 0.335 e. The number of thiazole rings is 1. The van der Waals surface area contributed by atoms with E-state index in [2.05, 4.69) is 36.3 Å². The largest absolute Gasteiger partial charge is 0.478 e. The maximum absolute atomic E-state index is 11.3. The van der Waals surface area contributed by atoms with Gasteiger partial charge in [0.15, 0.2) is 0 Å². The highest BCUT2D eigenvalue weighted by Crippen LogP contribution is 2.32. The molecule has 2 N–H and O–H groups in total. The number of anilines is 1. The van der Waals surface area contributed by atoms with Gasteiger partial charge in [0.2, 0.25) is 0 Å². The lowest BCUT2D eigenvalue weighted by Gasteiger charge is -2.15. The first-order chi connectivity index (χ1) is 13.0. The molecule has 4 aromatic rings. The van der Waals surface area contributed by atoms with Crippen molar-refractivity contribution in [3.8, 4) is 11.3 Å². The Kier molecular flexibility index (Phi) is 4.49. The molecule has 27 heavy (non-hydrogen) atoms. The Balaban J connectivity index is 1.88. The lowest BCUT2D eigenvalue weighted by atomic mass is 10.0. The van der Waals surface area contributed by atoms with Crippen molar-refractivity contribution in [1.29, 1.82) is 0 Å². The topological polar surface area (TPSA) is 75.1 Å². The first kappa shape index (κ1) is 17.4. The fourth-order valence-electron chi connectivity index (χ4n) is 2.98. The number of carbonyl (C=O) groups is 1. The van der Waals surface area contributed by atoms with Crippen LogP contribution in [0.3, 0.4) is 0 Å². The van der Waals surface area contributed by atoms with Crippen molar-refractivity contribution < 1.29 is 9.90 Å². The molecule has 0 saturated carbocycles. The standard InChI is InChI=1S/C21H19N3O2S/c1-12(2)10-22-18-9-15-7-14(21(25)26)3-5-16(15)24-20(18)13-4-6-19-17(8-13)23-11-27-19/h3-9,11-12,22H,10H2,1-2H3,(H,25,26). The van der Waals surface area contributed by atoms with Crippen LogP contribution in [0.5, 0.6) is 0 Å². The number of nitrogens with one attached hydrogen (secondary N) is 1. The Morgan fingerprint density at radius 1 is 1.15 bits per heavy atom. The summed E-state index contributed by atoms with van der Waals surface area (Å²) in [4.78, 5) is 20.5. The zero-order valence-electron chi connectivity index (χ0n) is 15.1. The summed E-state index contributed by atoms with van der Waals surface area (Å²) in [5, 5.41) is 13.5. The van der Waals surface area contributed by atoms with E-state index in [0.717, 1.165) is 44.6 Å². The summed E-state index contributed by atoms with van der Waals surface area (Å²) in [6.45, 7) is 5.09. The second kappa shape index (κ2) is 6.96. The van der Waals surface area contributed by atoms with E-state index in [4.69, 9.17) is 4.98 Å². The average molecular weight is 377 g/mol. The molecule has 0 aliphatic carbocycles. The number of pyridine rings is 1. The normalized spacial score (nSPS) is 11.4. The number of carboxylic acids is 1. The van der Waals surface area contributed by atoms with Gasteiger partial charge in [-0.25, -0.2) is 14.8 Å². The number of hydrogen-bond acceptors (Lipinski definition) is 5. The molecule has 0 atom stereocenters. The van der Waals surface area contributed by atoms with Crippen LogP contribution >= 0.6 is 11.3 Å². The van der Waals surface area contributed by atoms with Crippen molar-refractivity contribution >= 4 is 44.1 Å². The molecular weight excluding hydrogens is 358 g/mol. The fraction of sp³-hybridized carbons (Fsp3) is 0.190. The van der Waals surface area contributed by atoms with E-state index in [1.54, 1.807) is 29.5 Å². The van der Waals surface area contributed by atoms with E-state index in [1.165, 1.54) is 0 Å². The van der Waals surface area contributed by atoms with Crippen LogP contribution in [0.15, 0.2) is 48.0 Å². The summed E-state index contributed by atoms with van der Waals surface area (Å²) in [7, 11) is 0. The third-order valence-corrected chi connectivity index (χ3v) is 5.18. The van der Waals surface area contributed by atoms with Gasteiger partial charge in [0.05, 0.1) is 38.2 Å². The highest BCUT2D eigenvalue weighted by atomic mass is 32.1. The quantitative estimate of drug-likeness (QED) is 0.495. The minimum absolute atomic E-state index is 0.260. The number of aromatic carboxylic acids is 1. The van der Waals surface area contributed by atoms with E-state index in [1.807, 2.05) is 17.6 Å². The van der Waals surface area contributed by atoms with E-state index < -0.39 is 5.97 Å². The van der Waals surface area contributed by atoms with Crippen LogP contribution in [0.2, 0.25) is 0 Å². The molecule has 0 aliphatic heterocycles. The first-order valence-electron chi connectivity index (χ1n) is 8.77. The number of rotatable bonds is 5. The third kappa shape index (κ3) is 3.48. The maximum atomic E-state index is 11.3. The summed E-state index contributed by atoms with van der Waals surface area (Å²) >= 11 is 1.61. The van der Waals surface area contributed by atoms with Gasteiger partial charge in [0, 0.05) is 17.5 Å². The number of fused-ring (bicyclic) bond motifs is 2. The fourth-order valence-corrected chi connectivity index (χ4v) is 3.64. The lowest BCUT2D eigenvalue weighted by molar-refractivity contribution is 0.0697. The van der Waals surface area contributed by atoms with Crippen molar-refractivity contribution in [2.45, 2.75) is 13.8 Å². The van der Waals surface area contributed by atoms with E-state index >= 15 is 0 Å². The molecule has 136 valence electrons. The van der Waals surface area contributed by atoms with Crippen molar-refractivity contribution in [2.75, 3.05) is 11.9 Å². The summed E-state index contributed by atoms with van der Waals surface area (Å²) in [5.74, 6) is -0.466. The van der Waals surface area contributed by atoms with Gasteiger partial charge in [-0.1, -0.05) is 19.9 Å². The highest BCUT2D eigenvalue weighted by molar-refractivity contribution is 7.16. The van der Waals surface area contributed by atoms with Crippen molar-refractivity contribution in [3.63, 3.8) is 0 Å². The average Bonchev–Trinajstić information content (AvgIpc) is 3.12. The minimum Gasteiger partial charge on any atom is -0.478 e. The molecule has 0 bridgehead atoms. The van der Waals surface area contributed by atoms with Gasteiger partial charge in [-0.3, -0.25) is 0 Å². The number of carboxylic acid groups (broad SMARTS) is 1. The van der Waals surface area contributed by atoms with Gasteiger partial charge in [0.25, 0.3) is 0 Å². The summed E-state index contributed by atoms with van der Waals surface area (Å²) < 4.78 is 1.14. The van der Waals surface area contributed by atoms with Gasteiger partial charge in [-0.15, -0.1) is 11.3 Å². The van der Waals surface area contributed by atoms with Crippen LogP contribution in [0, 0.1) is 5.92 Å². The first-order valence-corrected chi connectivity index (χ1v) is 9.65.